The van der Waals surface area contributed by atoms with Gasteiger partial charge in [-0.3, -0.25) is 0 Å². The van der Waals surface area contributed by atoms with Crippen LogP contribution in [0.4, 0.5) is 5.82 Å². The summed E-state index contributed by atoms with van der Waals surface area (Å²) >= 11 is 0. The molecule has 0 spiro atoms. The van der Waals surface area contributed by atoms with E-state index in [1.807, 2.05) is 33.2 Å². The zero-order valence-corrected chi connectivity index (χ0v) is 11.2. The van der Waals surface area contributed by atoms with E-state index in [4.69, 9.17) is 10.5 Å². The van der Waals surface area contributed by atoms with E-state index in [1.165, 1.54) is 5.56 Å². The Bertz CT molecular complexity index is 353. The highest BCUT2D eigenvalue weighted by Crippen LogP contribution is 2.18. The minimum Gasteiger partial charge on any atom is -0.377 e. The van der Waals surface area contributed by atoms with E-state index in [0.717, 1.165) is 17.9 Å². The van der Waals surface area contributed by atoms with Crippen molar-refractivity contribution in [3.63, 3.8) is 0 Å². The van der Waals surface area contributed by atoms with Crippen molar-refractivity contribution in [2.75, 3.05) is 25.1 Å². The van der Waals surface area contributed by atoms with Gasteiger partial charge in [-0.05, 0) is 32.4 Å². The predicted octanol–water partition coefficient (Wildman–Crippen LogP) is 1.71. The van der Waals surface area contributed by atoms with Crippen molar-refractivity contribution < 1.29 is 4.74 Å². The first kappa shape index (κ1) is 13.9. The normalized spacial score (nSPS) is 10.9. The van der Waals surface area contributed by atoms with Gasteiger partial charge in [-0.15, -0.1) is 0 Å². The van der Waals surface area contributed by atoms with E-state index in [2.05, 4.69) is 16.8 Å². The molecule has 0 saturated carbocycles. The molecule has 1 aromatic rings. The first-order chi connectivity index (χ1) is 8.06. The third-order valence-electron chi connectivity index (χ3n) is 2.71. The molecule has 1 rings (SSSR count). The van der Waals surface area contributed by atoms with Gasteiger partial charge in [-0.25, -0.2) is 4.98 Å². The zero-order valence-electron chi connectivity index (χ0n) is 11.2. The Balaban J connectivity index is 2.68. The topological polar surface area (TPSA) is 51.4 Å². The van der Waals surface area contributed by atoms with Crippen molar-refractivity contribution in [2.24, 2.45) is 5.73 Å². The van der Waals surface area contributed by atoms with Gasteiger partial charge in [0.2, 0.25) is 0 Å². The summed E-state index contributed by atoms with van der Waals surface area (Å²) in [5, 5.41) is 0. The van der Waals surface area contributed by atoms with E-state index in [1.54, 1.807) is 0 Å². The molecule has 0 aliphatic carbocycles. The van der Waals surface area contributed by atoms with Gasteiger partial charge in [0, 0.05) is 31.9 Å². The Labute approximate surface area is 104 Å². The number of nitrogens with two attached hydrogens (primary N) is 1. The number of aryl methyl sites for hydroxylation is 1. The average Bonchev–Trinajstić information content (AvgIpc) is 2.28. The molecule has 96 valence electrons. The fraction of sp³-hybridized carbons (Fsp3) is 0.615. The van der Waals surface area contributed by atoms with Crippen LogP contribution in [0.1, 0.15) is 25.0 Å². The second kappa shape index (κ2) is 6.57. The SMILES string of the molecule is Cc1ccnc(N(C)CCOC(C)C)c1CN. The molecule has 0 bridgehead atoms. The van der Waals surface area contributed by atoms with Crippen LogP contribution < -0.4 is 10.6 Å². The van der Waals surface area contributed by atoms with Crippen LogP contribution in [0.25, 0.3) is 0 Å². The third-order valence-corrected chi connectivity index (χ3v) is 2.71. The Hall–Kier alpha value is -1.13. The highest BCUT2D eigenvalue weighted by Gasteiger charge is 2.10. The molecular formula is C13H23N3O. The molecule has 0 aliphatic heterocycles. The summed E-state index contributed by atoms with van der Waals surface area (Å²) in [5.74, 6) is 0.958. The number of hydrogen-bond donors (Lipinski definition) is 1. The van der Waals surface area contributed by atoms with Gasteiger partial charge in [-0.2, -0.15) is 0 Å². The molecule has 4 heteroatoms. The summed E-state index contributed by atoms with van der Waals surface area (Å²) in [4.78, 5) is 6.49. The monoisotopic (exact) mass is 237 g/mol. The van der Waals surface area contributed by atoms with Crippen LogP contribution in [-0.2, 0) is 11.3 Å². The maximum atomic E-state index is 5.77. The van der Waals surface area contributed by atoms with Crippen molar-refractivity contribution in [3.05, 3.63) is 23.4 Å². The first-order valence-electron chi connectivity index (χ1n) is 6.03. The second-order valence-electron chi connectivity index (χ2n) is 4.48. The van der Waals surface area contributed by atoms with Crippen LogP contribution in [0.15, 0.2) is 12.3 Å². The number of anilines is 1. The number of pyridine rings is 1. The number of aromatic nitrogens is 1. The quantitative estimate of drug-likeness (QED) is 0.818. The summed E-state index contributed by atoms with van der Waals surface area (Å²) in [7, 11) is 2.02. The third kappa shape index (κ3) is 3.98. The van der Waals surface area contributed by atoms with Gasteiger partial charge in [0.1, 0.15) is 5.82 Å². The van der Waals surface area contributed by atoms with Crippen LogP contribution in [0, 0.1) is 6.92 Å². The van der Waals surface area contributed by atoms with Crippen LogP contribution in [-0.4, -0.2) is 31.3 Å². The Morgan fingerprint density at radius 2 is 2.18 bits per heavy atom. The Morgan fingerprint density at radius 3 is 2.76 bits per heavy atom. The molecule has 0 atom stereocenters. The van der Waals surface area contributed by atoms with Crippen LogP contribution in [0.5, 0.6) is 0 Å². The molecule has 1 heterocycles. The van der Waals surface area contributed by atoms with E-state index in [-0.39, 0.29) is 6.10 Å². The van der Waals surface area contributed by atoms with Crippen LogP contribution >= 0.6 is 0 Å². The number of ether oxygens (including phenoxy) is 1. The molecule has 0 aromatic carbocycles. The lowest BCUT2D eigenvalue weighted by Gasteiger charge is -2.22. The highest BCUT2D eigenvalue weighted by atomic mass is 16.5. The highest BCUT2D eigenvalue weighted by molar-refractivity contribution is 5.49. The fourth-order valence-electron chi connectivity index (χ4n) is 1.69. The lowest BCUT2D eigenvalue weighted by atomic mass is 10.1. The summed E-state index contributed by atoms with van der Waals surface area (Å²) in [6.45, 7) is 8.18. The predicted molar refractivity (Wildman–Crippen MR) is 71.2 cm³/mol. The van der Waals surface area contributed by atoms with Crippen molar-refractivity contribution in [3.8, 4) is 0 Å². The average molecular weight is 237 g/mol. The fourth-order valence-corrected chi connectivity index (χ4v) is 1.69. The molecule has 0 saturated heterocycles. The number of likely N-dealkylation sites (N-methyl/N-ethyl adjacent to an activating group) is 1. The standard InChI is InChI=1S/C13H23N3O/c1-10(2)17-8-7-16(4)13-12(9-14)11(3)5-6-15-13/h5-6,10H,7-9,14H2,1-4H3. The molecule has 0 amide bonds. The largest absolute Gasteiger partial charge is 0.377 e. The Morgan fingerprint density at radius 1 is 1.47 bits per heavy atom. The molecule has 0 unspecified atom stereocenters. The van der Waals surface area contributed by atoms with Gasteiger partial charge >= 0.3 is 0 Å². The summed E-state index contributed by atoms with van der Waals surface area (Å²) < 4.78 is 5.54. The van der Waals surface area contributed by atoms with Gasteiger partial charge < -0.3 is 15.4 Å². The number of rotatable bonds is 6. The van der Waals surface area contributed by atoms with E-state index >= 15 is 0 Å². The van der Waals surface area contributed by atoms with E-state index in [0.29, 0.717) is 13.2 Å². The van der Waals surface area contributed by atoms with E-state index in [9.17, 15) is 0 Å². The molecule has 0 fully saturated rings. The van der Waals surface area contributed by atoms with Gasteiger partial charge in [0.25, 0.3) is 0 Å². The van der Waals surface area contributed by atoms with Crippen molar-refractivity contribution in [2.45, 2.75) is 33.4 Å². The number of hydrogen-bond acceptors (Lipinski definition) is 4. The minimum atomic E-state index is 0.267. The summed E-state index contributed by atoms with van der Waals surface area (Å²) in [5.41, 5.74) is 8.07. The zero-order chi connectivity index (χ0) is 12.8. The van der Waals surface area contributed by atoms with Crippen molar-refractivity contribution in [1.29, 1.82) is 0 Å². The van der Waals surface area contributed by atoms with Gasteiger partial charge in [-0.1, -0.05) is 0 Å². The molecule has 2 N–H and O–H groups in total. The van der Waals surface area contributed by atoms with Crippen molar-refractivity contribution >= 4 is 5.82 Å². The smallest absolute Gasteiger partial charge is 0.133 e. The molecule has 0 radical (unpaired) electrons. The van der Waals surface area contributed by atoms with Crippen molar-refractivity contribution in [1.82, 2.24) is 4.98 Å². The first-order valence-corrected chi connectivity index (χ1v) is 6.03. The van der Waals surface area contributed by atoms with Crippen LogP contribution in [0.3, 0.4) is 0 Å². The number of nitrogens with zero attached hydrogens (tertiary/aromatic N) is 2. The Kier molecular flexibility index (Phi) is 5.38. The molecule has 17 heavy (non-hydrogen) atoms. The summed E-state index contributed by atoms with van der Waals surface area (Å²) in [6.07, 6.45) is 2.09. The molecular weight excluding hydrogens is 214 g/mol. The van der Waals surface area contributed by atoms with Gasteiger partial charge in [0.05, 0.1) is 12.7 Å². The second-order valence-corrected chi connectivity index (χ2v) is 4.48. The minimum absolute atomic E-state index is 0.267. The van der Waals surface area contributed by atoms with E-state index < -0.39 is 0 Å². The maximum absolute atomic E-state index is 5.77. The molecule has 4 nitrogen and oxygen atoms in total. The summed E-state index contributed by atoms with van der Waals surface area (Å²) in [6, 6.07) is 1.99. The molecule has 1 aromatic heterocycles. The maximum Gasteiger partial charge on any atom is 0.133 e. The molecule has 0 aliphatic rings. The van der Waals surface area contributed by atoms with Crippen LogP contribution in [0.2, 0.25) is 0 Å². The van der Waals surface area contributed by atoms with Gasteiger partial charge in [0.15, 0.2) is 0 Å². The lowest BCUT2D eigenvalue weighted by molar-refractivity contribution is 0.0845. The lowest BCUT2D eigenvalue weighted by Crippen LogP contribution is -2.26.